The number of ether oxygens (including phenoxy) is 2. The van der Waals surface area contributed by atoms with Crippen molar-refractivity contribution in [3.8, 4) is 5.88 Å². The molecule has 5 nitrogen and oxygen atoms in total. The third-order valence-corrected chi connectivity index (χ3v) is 5.14. The number of nitrogens with zero attached hydrogens (tertiary/aromatic N) is 2. The summed E-state index contributed by atoms with van der Waals surface area (Å²) in [6, 6.07) is 7.33. The molecule has 2 aromatic rings. The van der Waals surface area contributed by atoms with E-state index in [0.717, 1.165) is 24.3 Å². The van der Waals surface area contributed by atoms with Crippen LogP contribution >= 0.6 is 22.9 Å². The molecule has 1 fully saturated rings. The summed E-state index contributed by atoms with van der Waals surface area (Å²) < 4.78 is 11.1. The third kappa shape index (κ3) is 4.71. The summed E-state index contributed by atoms with van der Waals surface area (Å²) >= 11 is 7.86. The molecule has 1 saturated heterocycles. The highest BCUT2D eigenvalue weighted by molar-refractivity contribution is 7.09. The summed E-state index contributed by atoms with van der Waals surface area (Å²) in [6.45, 7) is 4.17. The molecule has 0 aliphatic carbocycles. The fourth-order valence-electron chi connectivity index (χ4n) is 2.80. The van der Waals surface area contributed by atoms with Gasteiger partial charge in [-0.2, -0.15) is 0 Å². The number of hydrogen-bond acceptors (Lipinski definition) is 5. The summed E-state index contributed by atoms with van der Waals surface area (Å²) in [5.74, 6) is 0.207. The van der Waals surface area contributed by atoms with Gasteiger partial charge in [0.05, 0.1) is 24.3 Å². The second kappa shape index (κ2) is 8.65. The molecule has 134 valence electrons. The monoisotopic (exact) mass is 380 g/mol. The standard InChI is InChI=1S/C18H21ClN2O3S/c1-2-23-16-8-7-15(19)17(20-16)18(22)21(11-13-5-3-9-24-13)12-14-6-4-10-25-14/h4,6-8,10,13H,2-3,5,9,11-12H2,1H3. The Hall–Kier alpha value is -1.63. The Balaban J connectivity index is 1.83. The van der Waals surface area contributed by atoms with E-state index in [1.807, 2.05) is 24.4 Å². The van der Waals surface area contributed by atoms with Gasteiger partial charge in [-0.15, -0.1) is 11.3 Å². The minimum absolute atomic E-state index is 0.0674. The summed E-state index contributed by atoms with van der Waals surface area (Å²) in [5.41, 5.74) is 0.224. The van der Waals surface area contributed by atoms with E-state index in [0.29, 0.717) is 30.6 Å². The van der Waals surface area contributed by atoms with Gasteiger partial charge in [0, 0.05) is 24.1 Å². The molecule has 3 heterocycles. The number of carbonyl (C=O) groups is 1. The average molecular weight is 381 g/mol. The molecule has 0 saturated carbocycles. The number of pyridine rings is 1. The molecule has 0 aromatic carbocycles. The van der Waals surface area contributed by atoms with Crippen molar-refractivity contribution >= 4 is 28.8 Å². The first-order valence-corrected chi connectivity index (χ1v) is 9.65. The summed E-state index contributed by atoms with van der Waals surface area (Å²) in [5, 5.41) is 2.34. The Morgan fingerprint density at radius 3 is 3.04 bits per heavy atom. The van der Waals surface area contributed by atoms with E-state index in [2.05, 4.69) is 4.98 Å². The number of rotatable bonds is 7. The maximum Gasteiger partial charge on any atom is 0.274 e. The zero-order valence-electron chi connectivity index (χ0n) is 14.1. The van der Waals surface area contributed by atoms with Crippen LogP contribution in [0.3, 0.4) is 0 Å². The van der Waals surface area contributed by atoms with Crippen LogP contribution in [0.5, 0.6) is 5.88 Å². The summed E-state index contributed by atoms with van der Waals surface area (Å²) in [4.78, 5) is 20.3. The van der Waals surface area contributed by atoms with Crippen molar-refractivity contribution in [3.05, 3.63) is 45.2 Å². The highest BCUT2D eigenvalue weighted by Crippen LogP contribution is 2.23. The van der Waals surface area contributed by atoms with Crippen LogP contribution in [0, 0.1) is 0 Å². The average Bonchev–Trinajstić information content (AvgIpc) is 3.29. The van der Waals surface area contributed by atoms with Gasteiger partial charge in [0.2, 0.25) is 5.88 Å². The van der Waals surface area contributed by atoms with E-state index in [4.69, 9.17) is 21.1 Å². The molecule has 1 atom stereocenters. The van der Waals surface area contributed by atoms with E-state index in [9.17, 15) is 4.79 Å². The van der Waals surface area contributed by atoms with Crippen LogP contribution in [0.1, 0.15) is 35.1 Å². The lowest BCUT2D eigenvalue weighted by atomic mass is 10.2. The number of carbonyl (C=O) groups excluding carboxylic acids is 1. The number of hydrogen-bond donors (Lipinski definition) is 0. The lowest BCUT2D eigenvalue weighted by Crippen LogP contribution is -2.37. The summed E-state index contributed by atoms with van der Waals surface area (Å²) in [7, 11) is 0. The highest BCUT2D eigenvalue weighted by Gasteiger charge is 2.26. The molecular formula is C18H21ClN2O3S. The second-order valence-corrected chi connectivity index (χ2v) is 7.25. The number of thiophene rings is 1. The second-order valence-electron chi connectivity index (χ2n) is 5.81. The molecule has 1 aliphatic heterocycles. The predicted molar refractivity (Wildman–Crippen MR) is 98.4 cm³/mol. The maximum atomic E-state index is 13.1. The minimum atomic E-state index is -0.199. The molecule has 25 heavy (non-hydrogen) atoms. The van der Waals surface area contributed by atoms with E-state index in [1.165, 1.54) is 0 Å². The van der Waals surface area contributed by atoms with Crippen molar-refractivity contribution in [1.29, 1.82) is 0 Å². The van der Waals surface area contributed by atoms with E-state index in [1.54, 1.807) is 28.4 Å². The van der Waals surface area contributed by atoms with Crippen molar-refractivity contribution in [2.75, 3.05) is 19.8 Å². The molecule has 1 amide bonds. The van der Waals surface area contributed by atoms with Gasteiger partial charge in [-0.05, 0) is 37.3 Å². The Bertz CT molecular complexity index is 702. The van der Waals surface area contributed by atoms with E-state index in [-0.39, 0.29) is 17.7 Å². The van der Waals surface area contributed by atoms with Crippen molar-refractivity contribution in [1.82, 2.24) is 9.88 Å². The molecule has 1 aliphatic rings. The Labute approximate surface area is 156 Å². The molecule has 2 aromatic heterocycles. The highest BCUT2D eigenvalue weighted by atomic mass is 35.5. The third-order valence-electron chi connectivity index (χ3n) is 3.98. The van der Waals surface area contributed by atoms with Crippen molar-refractivity contribution in [3.63, 3.8) is 0 Å². The quantitative estimate of drug-likeness (QED) is 0.728. The van der Waals surface area contributed by atoms with Gasteiger partial charge in [-0.25, -0.2) is 4.98 Å². The van der Waals surface area contributed by atoms with E-state index < -0.39 is 0 Å². The largest absolute Gasteiger partial charge is 0.478 e. The van der Waals surface area contributed by atoms with Gasteiger partial charge in [0.1, 0.15) is 0 Å². The van der Waals surface area contributed by atoms with Crippen LogP contribution < -0.4 is 4.74 Å². The van der Waals surface area contributed by atoms with Crippen LogP contribution in [0.4, 0.5) is 0 Å². The fraction of sp³-hybridized carbons (Fsp3) is 0.444. The molecule has 1 unspecified atom stereocenters. The smallest absolute Gasteiger partial charge is 0.274 e. The van der Waals surface area contributed by atoms with Crippen LogP contribution in [0.15, 0.2) is 29.6 Å². The predicted octanol–water partition coefficient (Wildman–Crippen LogP) is 4.02. The zero-order chi connectivity index (χ0) is 17.6. The molecule has 0 bridgehead atoms. The van der Waals surface area contributed by atoms with Crippen LogP contribution in [-0.2, 0) is 11.3 Å². The van der Waals surface area contributed by atoms with Crippen molar-refractivity contribution in [2.45, 2.75) is 32.4 Å². The Kier molecular flexibility index (Phi) is 6.29. The molecule has 3 rings (SSSR count). The minimum Gasteiger partial charge on any atom is -0.478 e. The number of amides is 1. The zero-order valence-corrected chi connectivity index (χ0v) is 15.7. The van der Waals surface area contributed by atoms with Crippen molar-refractivity contribution < 1.29 is 14.3 Å². The van der Waals surface area contributed by atoms with Crippen LogP contribution in [0.2, 0.25) is 5.02 Å². The molecule has 0 spiro atoms. The van der Waals surface area contributed by atoms with Crippen molar-refractivity contribution in [2.24, 2.45) is 0 Å². The first-order chi connectivity index (χ1) is 12.2. The van der Waals surface area contributed by atoms with Gasteiger partial charge in [0.25, 0.3) is 5.91 Å². The van der Waals surface area contributed by atoms with Gasteiger partial charge < -0.3 is 14.4 Å². The van der Waals surface area contributed by atoms with Crippen LogP contribution in [0.25, 0.3) is 0 Å². The molecule has 7 heteroatoms. The molecule has 0 N–H and O–H groups in total. The fourth-order valence-corrected chi connectivity index (χ4v) is 3.70. The van der Waals surface area contributed by atoms with Gasteiger partial charge in [-0.1, -0.05) is 17.7 Å². The Morgan fingerprint density at radius 1 is 1.48 bits per heavy atom. The lowest BCUT2D eigenvalue weighted by molar-refractivity contribution is 0.0504. The van der Waals surface area contributed by atoms with Gasteiger partial charge in [0.15, 0.2) is 5.69 Å². The SMILES string of the molecule is CCOc1ccc(Cl)c(C(=O)N(Cc2cccs2)CC2CCCO2)n1. The lowest BCUT2D eigenvalue weighted by Gasteiger charge is -2.25. The maximum absolute atomic E-state index is 13.1. The van der Waals surface area contributed by atoms with Crippen LogP contribution in [-0.4, -0.2) is 41.7 Å². The number of aromatic nitrogens is 1. The molecule has 0 radical (unpaired) electrons. The first kappa shape index (κ1) is 18.2. The van der Waals surface area contributed by atoms with Gasteiger partial charge in [-0.3, -0.25) is 4.79 Å². The Morgan fingerprint density at radius 2 is 2.36 bits per heavy atom. The summed E-state index contributed by atoms with van der Waals surface area (Å²) in [6.07, 6.45) is 2.07. The molecular weight excluding hydrogens is 360 g/mol. The topological polar surface area (TPSA) is 51.7 Å². The number of halogens is 1. The normalized spacial score (nSPS) is 16.8. The van der Waals surface area contributed by atoms with Gasteiger partial charge >= 0.3 is 0 Å². The first-order valence-electron chi connectivity index (χ1n) is 8.40. The van der Waals surface area contributed by atoms with E-state index >= 15 is 0 Å².